The van der Waals surface area contributed by atoms with Crippen LogP contribution < -0.4 is 4.90 Å². The zero-order valence-corrected chi connectivity index (χ0v) is 13.5. The van der Waals surface area contributed by atoms with Crippen LogP contribution >= 0.6 is 0 Å². The van der Waals surface area contributed by atoms with Gasteiger partial charge in [0.2, 0.25) is 0 Å². The lowest BCUT2D eigenvalue weighted by Gasteiger charge is -2.19. The van der Waals surface area contributed by atoms with E-state index in [-0.39, 0.29) is 5.91 Å². The Bertz CT molecular complexity index is 627. The van der Waals surface area contributed by atoms with Crippen LogP contribution in [0.3, 0.4) is 0 Å². The van der Waals surface area contributed by atoms with E-state index in [1.807, 2.05) is 43.3 Å². The molecule has 0 aliphatic carbocycles. The van der Waals surface area contributed by atoms with Gasteiger partial charge in [0.05, 0.1) is 0 Å². The van der Waals surface area contributed by atoms with Crippen molar-refractivity contribution in [1.82, 2.24) is 0 Å². The maximum atomic E-state index is 12.4. The number of anilines is 1. The van der Waals surface area contributed by atoms with Crippen LogP contribution in [-0.4, -0.2) is 12.5 Å². The second-order valence-corrected chi connectivity index (χ2v) is 5.57. The number of hydrogen-bond acceptors (Lipinski definition) is 1. The van der Waals surface area contributed by atoms with Crippen LogP contribution in [0.1, 0.15) is 37.8 Å². The highest BCUT2D eigenvalue weighted by Crippen LogP contribution is 2.16. The monoisotopic (exact) mass is 293 g/mol. The van der Waals surface area contributed by atoms with Crippen LogP contribution in [0.2, 0.25) is 0 Å². The molecule has 114 valence electrons. The molecule has 2 heteroatoms. The first-order chi connectivity index (χ1) is 10.6. The molecule has 0 N–H and O–H groups in total. The summed E-state index contributed by atoms with van der Waals surface area (Å²) in [6, 6.07) is 18.1. The second-order valence-electron chi connectivity index (χ2n) is 5.57. The first-order valence-corrected chi connectivity index (χ1v) is 7.76. The Morgan fingerprint density at radius 2 is 1.68 bits per heavy atom. The summed E-state index contributed by atoms with van der Waals surface area (Å²) in [4.78, 5) is 14.1. The number of hydrogen-bond donors (Lipinski definition) is 0. The van der Waals surface area contributed by atoms with E-state index in [0.717, 1.165) is 11.3 Å². The Morgan fingerprint density at radius 1 is 1.05 bits per heavy atom. The smallest absolute Gasteiger partial charge is 0.250 e. The van der Waals surface area contributed by atoms with Crippen molar-refractivity contribution in [3.05, 3.63) is 71.8 Å². The molecule has 2 rings (SSSR count). The van der Waals surface area contributed by atoms with Crippen LogP contribution in [-0.2, 0) is 4.79 Å². The molecule has 1 amide bonds. The minimum absolute atomic E-state index is 0.00151. The van der Waals surface area contributed by atoms with Gasteiger partial charge in [0.25, 0.3) is 5.91 Å². The molecule has 0 heterocycles. The molecule has 22 heavy (non-hydrogen) atoms. The average molecular weight is 293 g/mol. The number of amides is 1. The zero-order valence-electron chi connectivity index (χ0n) is 13.5. The molecule has 2 aromatic carbocycles. The minimum Gasteiger partial charge on any atom is -0.309 e. The van der Waals surface area contributed by atoms with Crippen molar-refractivity contribution in [3.8, 4) is 0 Å². The van der Waals surface area contributed by atoms with Crippen LogP contribution in [0.5, 0.6) is 0 Å². The van der Waals surface area contributed by atoms with Crippen LogP contribution in [0, 0.1) is 0 Å². The third kappa shape index (κ3) is 4.08. The number of likely N-dealkylation sites (N-methyl/N-ethyl adjacent to an activating group) is 1. The molecule has 0 fully saturated rings. The predicted octanol–water partition coefficient (Wildman–Crippen LogP) is 4.88. The van der Waals surface area contributed by atoms with Gasteiger partial charge in [0, 0.05) is 18.3 Å². The fourth-order valence-corrected chi connectivity index (χ4v) is 2.32. The fourth-order valence-electron chi connectivity index (χ4n) is 2.32. The largest absolute Gasteiger partial charge is 0.309 e. The maximum Gasteiger partial charge on any atom is 0.250 e. The van der Waals surface area contributed by atoms with E-state index in [2.05, 4.69) is 38.1 Å². The first-order valence-electron chi connectivity index (χ1n) is 7.76. The molecule has 0 saturated heterocycles. The summed E-state index contributed by atoms with van der Waals surface area (Å²) in [7, 11) is 0. The van der Waals surface area contributed by atoms with Gasteiger partial charge in [-0.25, -0.2) is 0 Å². The molecule has 0 bridgehead atoms. The van der Waals surface area contributed by atoms with Crippen molar-refractivity contribution >= 4 is 17.7 Å². The summed E-state index contributed by atoms with van der Waals surface area (Å²) in [6.45, 7) is 6.98. The molecule has 0 spiro atoms. The summed E-state index contributed by atoms with van der Waals surface area (Å²) >= 11 is 0. The first kappa shape index (κ1) is 16.0. The summed E-state index contributed by atoms with van der Waals surface area (Å²) in [5.74, 6) is 0.523. The summed E-state index contributed by atoms with van der Waals surface area (Å²) in [6.07, 6.45) is 3.51. The molecule has 0 aliphatic heterocycles. The van der Waals surface area contributed by atoms with E-state index in [0.29, 0.717) is 12.5 Å². The third-order valence-electron chi connectivity index (χ3n) is 3.67. The van der Waals surface area contributed by atoms with E-state index < -0.39 is 0 Å². The number of carbonyl (C=O) groups excluding carboxylic acids is 1. The lowest BCUT2D eigenvalue weighted by atomic mass is 10.0. The van der Waals surface area contributed by atoms with Crippen molar-refractivity contribution in [1.29, 1.82) is 0 Å². The van der Waals surface area contributed by atoms with Crippen molar-refractivity contribution < 1.29 is 4.79 Å². The Labute approximate surface area is 133 Å². The van der Waals surface area contributed by atoms with Gasteiger partial charge in [-0.15, -0.1) is 0 Å². The molecule has 2 aromatic rings. The van der Waals surface area contributed by atoms with Gasteiger partial charge in [0.1, 0.15) is 0 Å². The molecule has 0 aromatic heterocycles. The molecule has 0 atom stereocenters. The van der Waals surface area contributed by atoms with Crippen molar-refractivity contribution in [3.63, 3.8) is 0 Å². The van der Waals surface area contributed by atoms with E-state index in [9.17, 15) is 4.79 Å². The standard InChI is InChI=1S/C20H23NO/c1-4-21(19-8-6-5-7-9-19)20(22)15-12-17-10-13-18(14-11-17)16(2)3/h5-16H,4H2,1-3H3. The van der Waals surface area contributed by atoms with Crippen molar-refractivity contribution in [2.24, 2.45) is 0 Å². The highest BCUT2D eigenvalue weighted by molar-refractivity contribution is 6.03. The van der Waals surface area contributed by atoms with Crippen molar-refractivity contribution in [2.45, 2.75) is 26.7 Å². The Balaban J connectivity index is 2.09. The lowest BCUT2D eigenvalue weighted by molar-refractivity contribution is -0.114. The number of rotatable bonds is 5. The summed E-state index contributed by atoms with van der Waals surface area (Å²) < 4.78 is 0. The average Bonchev–Trinajstić information content (AvgIpc) is 2.55. The third-order valence-corrected chi connectivity index (χ3v) is 3.67. The minimum atomic E-state index is 0.00151. The quantitative estimate of drug-likeness (QED) is 0.720. The predicted molar refractivity (Wildman–Crippen MR) is 94.0 cm³/mol. The van der Waals surface area contributed by atoms with Crippen LogP contribution in [0.15, 0.2) is 60.7 Å². The molecular weight excluding hydrogens is 270 g/mol. The molecule has 0 saturated carbocycles. The Morgan fingerprint density at radius 3 is 2.23 bits per heavy atom. The van der Waals surface area contributed by atoms with Gasteiger partial charge in [-0.2, -0.15) is 0 Å². The van der Waals surface area contributed by atoms with Crippen molar-refractivity contribution in [2.75, 3.05) is 11.4 Å². The van der Waals surface area contributed by atoms with Gasteiger partial charge < -0.3 is 4.90 Å². The summed E-state index contributed by atoms with van der Waals surface area (Å²) in [5, 5.41) is 0. The van der Waals surface area contributed by atoms with E-state index >= 15 is 0 Å². The number of carbonyl (C=O) groups is 1. The van der Waals surface area contributed by atoms with Gasteiger partial charge in [-0.1, -0.05) is 56.3 Å². The second kappa shape index (κ2) is 7.60. The molecule has 0 unspecified atom stereocenters. The fraction of sp³-hybridized carbons (Fsp3) is 0.250. The lowest BCUT2D eigenvalue weighted by Crippen LogP contribution is -2.28. The topological polar surface area (TPSA) is 20.3 Å². The van der Waals surface area contributed by atoms with E-state index in [1.54, 1.807) is 11.0 Å². The normalized spacial score (nSPS) is 11.1. The van der Waals surface area contributed by atoms with E-state index in [4.69, 9.17) is 0 Å². The Hall–Kier alpha value is -2.35. The van der Waals surface area contributed by atoms with Gasteiger partial charge in [-0.3, -0.25) is 4.79 Å². The SMILES string of the molecule is CCN(C(=O)C=Cc1ccc(C(C)C)cc1)c1ccccc1. The molecule has 0 radical (unpaired) electrons. The van der Waals surface area contributed by atoms with Gasteiger partial charge in [-0.05, 0) is 42.2 Å². The zero-order chi connectivity index (χ0) is 15.9. The maximum absolute atomic E-state index is 12.4. The number of para-hydroxylation sites is 1. The van der Waals surface area contributed by atoms with Crippen LogP contribution in [0.4, 0.5) is 5.69 Å². The molecule has 2 nitrogen and oxygen atoms in total. The summed E-state index contributed by atoms with van der Waals surface area (Å²) in [5.41, 5.74) is 3.28. The number of nitrogens with zero attached hydrogens (tertiary/aromatic N) is 1. The highest BCUT2D eigenvalue weighted by atomic mass is 16.2. The molecule has 0 aliphatic rings. The number of benzene rings is 2. The van der Waals surface area contributed by atoms with Crippen LogP contribution in [0.25, 0.3) is 6.08 Å². The Kier molecular flexibility index (Phi) is 5.54. The molecular formula is C20H23NO. The highest BCUT2D eigenvalue weighted by Gasteiger charge is 2.09. The van der Waals surface area contributed by atoms with Gasteiger partial charge in [0.15, 0.2) is 0 Å². The van der Waals surface area contributed by atoms with Gasteiger partial charge >= 0.3 is 0 Å². The van der Waals surface area contributed by atoms with E-state index in [1.165, 1.54) is 5.56 Å².